The first kappa shape index (κ1) is 15.1. The molecule has 0 aliphatic rings. The number of hydrogen-bond acceptors (Lipinski definition) is 5. The largest absolute Gasteiger partial charge is 0.475 e. The fourth-order valence-corrected chi connectivity index (χ4v) is 2.63. The molecule has 8 heteroatoms. The molecule has 2 rings (SSSR count). The van der Waals surface area contributed by atoms with Gasteiger partial charge in [0.15, 0.2) is 0 Å². The lowest BCUT2D eigenvalue weighted by Gasteiger charge is -2.10. The summed E-state index contributed by atoms with van der Waals surface area (Å²) >= 11 is 0. The van der Waals surface area contributed by atoms with Crippen molar-refractivity contribution < 1.29 is 22.7 Å². The van der Waals surface area contributed by atoms with Crippen LogP contribution in [-0.2, 0) is 16.6 Å². The van der Waals surface area contributed by atoms with Gasteiger partial charge < -0.3 is 14.8 Å². The van der Waals surface area contributed by atoms with E-state index in [1.165, 1.54) is 25.2 Å². The first-order valence-corrected chi connectivity index (χ1v) is 7.51. The number of carboxylic acid groups (broad SMARTS) is 1. The number of benzene rings is 1. The number of rotatable bonds is 6. The summed E-state index contributed by atoms with van der Waals surface area (Å²) in [5, 5.41) is 11.7. The second-order valence-corrected chi connectivity index (χ2v) is 5.98. The first-order chi connectivity index (χ1) is 9.94. The maximum Gasteiger partial charge on any atom is 0.371 e. The van der Waals surface area contributed by atoms with Gasteiger partial charge in [-0.15, -0.1) is 0 Å². The SMILES string of the molecule is CNS(=O)(=O)c1ccccc1NCc1ccc(C(=O)O)o1. The summed E-state index contributed by atoms with van der Waals surface area (Å²) in [6, 6.07) is 9.26. The van der Waals surface area contributed by atoms with Crippen LogP contribution in [0, 0.1) is 0 Å². The van der Waals surface area contributed by atoms with Crippen LogP contribution >= 0.6 is 0 Å². The van der Waals surface area contributed by atoms with E-state index in [-0.39, 0.29) is 17.2 Å². The molecule has 7 nitrogen and oxygen atoms in total. The molecule has 0 atom stereocenters. The normalized spacial score (nSPS) is 11.3. The van der Waals surface area contributed by atoms with E-state index in [0.29, 0.717) is 11.4 Å². The Kier molecular flexibility index (Phi) is 4.29. The first-order valence-electron chi connectivity index (χ1n) is 6.02. The lowest BCUT2D eigenvalue weighted by atomic mass is 10.3. The lowest BCUT2D eigenvalue weighted by molar-refractivity contribution is 0.0660. The summed E-state index contributed by atoms with van der Waals surface area (Å²) in [5.41, 5.74) is 0.403. The Bertz CT molecular complexity index is 751. The predicted molar refractivity (Wildman–Crippen MR) is 75.7 cm³/mol. The van der Waals surface area contributed by atoms with Crippen LogP contribution in [-0.4, -0.2) is 26.5 Å². The fraction of sp³-hybridized carbons (Fsp3) is 0.154. The minimum atomic E-state index is -3.58. The van der Waals surface area contributed by atoms with E-state index in [0.717, 1.165) is 0 Å². The lowest BCUT2D eigenvalue weighted by Crippen LogP contribution is -2.20. The Balaban J connectivity index is 2.18. The number of carboxylic acids is 1. The van der Waals surface area contributed by atoms with Gasteiger partial charge in [-0.2, -0.15) is 0 Å². The Hall–Kier alpha value is -2.32. The van der Waals surface area contributed by atoms with E-state index in [9.17, 15) is 13.2 Å². The number of carbonyl (C=O) groups is 1. The minimum absolute atomic E-state index is 0.109. The molecule has 0 unspecified atom stereocenters. The molecular weight excluding hydrogens is 296 g/mol. The third kappa shape index (κ3) is 3.41. The second kappa shape index (κ2) is 5.98. The minimum Gasteiger partial charge on any atom is -0.475 e. The molecule has 0 bridgehead atoms. The van der Waals surface area contributed by atoms with Crippen molar-refractivity contribution in [3.8, 4) is 0 Å². The monoisotopic (exact) mass is 310 g/mol. The predicted octanol–water partition coefficient (Wildman–Crippen LogP) is 1.50. The van der Waals surface area contributed by atoms with Crippen molar-refractivity contribution in [3.63, 3.8) is 0 Å². The number of nitrogens with one attached hydrogen (secondary N) is 2. The van der Waals surface area contributed by atoms with Crippen molar-refractivity contribution in [1.29, 1.82) is 0 Å². The van der Waals surface area contributed by atoms with Crippen LogP contribution in [0.3, 0.4) is 0 Å². The molecule has 0 fully saturated rings. The van der Waals surface area contributed by atoms with E-state index in [2.05, 4.69) is 10.0 Å². The summed E-state index contributed by atoms with van der Waals surface area (Å²) in [7, 11) is -2.25. The van der Waals surface area contributed by atoms with Gasteiger partial charge in [-0.3, -0.25) is 0 Å². The average molecular weight is 310 g/mol. The van der Waals surface area contributed by atoms with Crippen molar-refractivity contribution in [3.05, 3.63) is 47.9 Å². The van der Waals surface area contributed by atoms with Gasteiger partial charge in [0.1, 0.15) is 10.7 Å². The zero-order valence-electron chi connectivity index (χ0n) is 11.2. The Morgan fingerprint density at radius 3 is 2.57 bits per heavy atom. The van der Waals surface area contributed by atoms with E-state index in [4.69, 9.17) is 9.52 Å². The molecule has 3 N–H and O–H groups in total. The van der Waals surface area contributed by atoms with Gasteiger partial charge in [-0.1, -0.05) is 12.1 Å². The number of hydrogen-bond donors (Lipinski definition) is 3. The maximum absolute atomic E-state index is 11.9. The average Bonchev–Trinajstić information content (AvgIpc) is 2.94. The number of aromatic carboxylic acids is 1. The van der Waals surface area contributed by atoms with Crippen LogP contribution in [0.15, 0.2) is 45.7 Å². The summed E-state index contributed by atoms with van der Waals surface area (Å²) in [4.78, 5) is 10.8. The fourth-order valence-electron chi connectivity index (χ4n) is 1.73. The van der Waals surface area contributed by atoms with E-state index in [1.807, 2.05) is 0 Å². The summed E-state index contributed by atoms with van der Waals surface area (Å²) in [6.07, 6.45) is 0. The molecule has 2 aromatic rings. The highest BCUT2D eigenvalue weighted by Crippen LogP contribution is 2.21. The van der Waals surface area contributed by atoms with Crippen LogP contribution in [0.25, 0.3) is 0 Å². The van der Waals surface area contributed by atoms with Gasteiger partial charge in [-0.25, -0.2) is 17.9 Å². The van der Waals surface area contributed by atoms with Gasteiger partial charge in [-0.05, 0) is 31.3 Å². The third-order valence-corrected chi connectivity index (χ3v) is 4.24. The van der Waals surface area contributed by atoms with Gasteiger partial charge >= 0.3 is 5.97 Å². The van der Waals surface area contributed by atoms with Crippen LogP contribution in [0.1, 0.15) is 16.3 Å². The molecule has 1 aromatic carbocycles. The maximum atomic E-state index is 11.9. The molecule has 0 amide bonds. The highest BCUT2D eigenvalue weighted by atomic mass is 32.2. The quantitative estimate of drug-likeness (QED) is 0.746. The number of sulfonamides is 1. The van der Waals surface area contributed by atoms with E-state index >= 15 is 0 Å². The molecule has 0 aliphatic carbocycles. The van der Waals surface area contributed by atoms with Gasteiger partial charge in [0.2, 0.25) is 15.8 Å². The van der Waals surface area contributed by atoms with Crippen molar-refractivity contribution in [2.24, 2.45) is 0 Å². The van der Waals surface area contributed by atoms with Crippen LogP contribution in [0.4, 0.5) is 5.69 Å². The number of anilines is 1. The van der Waals surface area contributed by atoms with Crippen molar-refractivity contribution in [1.82, 2.24) is 4.72 Å². The molecular formula is C13H14N2O5S. The van der Waals surface area contributed by atoms with Gasteiger partial charge in [0.05, 0.1) is 12.2 Å². The summed E-state index contributed by atoms with van der Waals surface area (Å²) in [6.45, 7) is 0.170. The van der Waals surface area contributed by atoms with Crippen LogP contribution in [0.5, 0.6) is 0 Å². The second-order valence-electron chi connectivity index (χ2n) is 4.13. The number of para-hydroxylation sites is 1. The standard InChI is InChI=1S/C13H14N2O5S/c1-14-21(18,19)12-5-3-2-4-10(12)15-8-9-6-7-11(20-9)13(16)17/h2-7,14-15H,8H2,1H3,(H,16,17). The third-order valence-electron chi connectivity index (χ3n) is 2.77. The van der Waals surface area contributed by atoms with Crippen LogP contribution < -0.4 is 10.0 Å². The molecule has 112 valence electrons. The zero-order chi connectivity index (χ0) is 15.5. The van der Waals surface area contributed by atoms with Crippen molar-refractivity contribution in [2.45, 2.75) is 11.4 Å². The number of furan rings is 1. The Morgan fingerprint density at radius 1 is 1.24 bits per heavy atom. The topological polar surface area (TPSA) is 109 Å². The molecule has 0 aliphatic heterocycles. The van der Waals surface area contributed by atoms with Crippen molar-refractivity contribution >= 4 is 21.7 Å². The molecule has 1 aromatic heterocycles. The zero-order valence-corrected chi connectivity index (χ0v) is 12.0. The van der Waals surface area contributed by atoms with Gasteiger partial charge in [0, 0.05) is 0 Å². The Labute approximate surface area is 121 Å². The van der Waals surface area contributed by atoms with E-state index in [1.54, 1.807) is 18.2 Å². The molecule has 0 radical (unpaired) electrons. The van der Waals surface area contributed by atoms with Crippen LogP contribution in [0.2, 0.25) is 0 Å². The Morgan fingerprint density at radius 2 is 1.95 bits per heavy atom. The molecule has 21 heavy (non-hydrogen) atoms. The molecule has 1 heterocycles. The summed E-state index contributed by atoms with van der Waals surface area (Å²) < 4.78 is 31.1. The molecule has 0 spiro atoms. The summed E-state index contributed by atoms with van der Waals surface area (Å²) in [5.74, 6) is -0.925. The molecule has 0 saturated carbocycles. The van der Waals surface area contributed by atoms with Crippen molar-refractivity contribution in [2.75, 3.05) is 12.4 Å². The molecule has 0 saturated heterocycles. The van der Waals surface area contributed by atoms with E-state index < -0.39 is 16.0 Å². The van der Waals surface area contributed by atoms with Gasteiger partial charge in [0.25, 0.3) is 0 Å². The highest BCUT2D eigenvalue weighted by Gasteiger charge is 2.16. The smallest absolute Gasteiger partial charge is 0.371 e. The highest BCUT2D eigenvalue weighted by molar-refractivity contribution is 7.89.